The molecule has 0 aliphatic carbocycles. The summed E-state index contributed by atoms with van der Waals surface area (Å²) in [5.74, 6) is 0.274. The molecule has 1 aliphatic heterocycles. The topological polar surface area (TPSA) is 20.3 Å². The molecule has 1 fully saturated rings. The molecule has 1 saturated heterocycles. The molecule has 1 aromatic carbocycles. The molecule has 1 unspecified atom stereocenters. The zero-order valence-corrected chi connectivity index (χ0v) is 14.2. The number of likely N-dealkylation sites (tertiary alicyclic amines) is 1. The van der Waals surface area contributed by atoms with E-state index in [1.54, 1.807) is 0 Å². The van der Waals surface area contributed by atoms with Crippen molar-refractivity contribution in [2.45, 2.75) is 59.9 Å². The van der Waals surface area contributed by atoms with Crippen molar-refractivity contribution in [3.05, 3.63) is 34.9 Å². The molecule has 0 bridgehead atoms. The second-order valence-electron chi connectivity index (χ2n) is 7.06. The molecule has 2 nitrogen and oxygen atoms in total. The fourth-order valence-corrected chi connectivity index (χ4v) is 3.20. The highest BCUT2D eigenvalue weighted by molar-refractivity contribution is 6.01. The van der Waals surface area contributed by atoms with Gasteiger partial charge in [0.1, 0.15) is 0 Å². The minimum atomic E-state index is -0.00749. The summed E-state index contributed by atoms with van der Waals surface area (Å²) in [6.45, 7) is 12.9. The van der Waals surface area contributed by atoms with E-state index in [0.29, 0.717) is 5.41 Å². The van der Waals surface area contributed by atoms with Crippen molar-refractivity contribution in [2.24, 2.45) is 5.41 Å². The van der Waals surface area contributed by atoms with E-state index in [0.717, 1.165) is 29.8 Å². The number of rotatable bonds is 4. The number of carbonyl (C=O) groups excluding carboxylic acids is 1. The van der Waals surface area contributed by atoms with Gasteiger partial charge in [-0.3, -0.25) is 9.69 Å². The molecule has 0 saturated carbocycles. The van der Waals surface area contributed by atoms with Crippen molar-refractivity contribution in [3.63, 3.8) is 0 Å². The highest BCUT2D eigenvalue weighted by Gasteiger charge is 2.32. The van der Waals surface area contributed by atoms with Gasteiger partial charge in [-0.25, -0.2) is 0 Å². The lowest BCUT2D eigenvalue weighted by molar-refractivity contribution is 0.0641. The van der Waals surface area contributed by atoms with Gasteiger partial charge < -0.3 is 0 Å². The van der Waals surface area contributed by atoms with Crippen LogP contribution < -0.4 is 0 Å². The van der Waals surface area contributed by atoms with Crippen molar-refractivity contribution in [1.82, 2.24) is 4.90 Å². The number of hydrogen-bond acceptors (Lipinski definition) is 2. The quantitative estimate of drug-likeness (QED) is 0.766. The second kappa shape index (κ2) is 6.31. The van der Waals surface area contributed by atoms with E-state index in [4.69, 9.17) is 0 Å². The third-order valence-electron chi connectivity index (χ3n) is 5.44. The molecule has 1 aliphatic rings. The van der Waals surface area contributed by atoms with Gasteiger partial charge in [0.05, 0.1) is 6.04 Å². The zero-order valence-electron chi connectivity index (χ0n) is 14.2. The van der Waals surface area contributed by atoms with E-state index in [1.807, 2.05) is 13.0 Å². The van der Waals surface area contributed by atoms with Crippen molar-refractivity contribution in [3.8, 4) is 0 Å². The number of carbonyl (C=O) groups is 1. The molecule has 21 heavy (non-hydrogen) atoms. The first-order valence-electron chi connectivity index (χ1n) is 8.22. The van der Waals surface area contributed by atoms with E-state index < -0.39 is 0 Å². The molecule has 0 aromatic heterocycles. The molecule has 0 spiro atoms. The molecule has 0 amide bonds. The summed E-state index contributed by atoms with van der Waals surface area (Å²) < 4.78 is 0. The van der Waals surface area contributed by atoms with Crippen LogP contribution in [0, 0.1) is 19.3 Å². The summed E-state index contributed by atoms with van der Waals surface area (Å²) >= 11 is 0. The van der Waals surface area contributed by atoms with Crippen LogP contribution in [0.15, 0.2) is 18.2 Å². The van der Waals surface area contributed by atoms with Crippen LogP contribution in [0.1, 0.15) is 61.5 Å². The van der Waals surface area contributed by atoms with Crippen LogP contribution in [0.4, 0.5) is 0 Å². The smallest absolute Gasteiger partial charge is 0.179 e. The molecule has 0 radical (unpaired) electrons. The average molecular weight is 287 g/mol. The van der Waals surface area contributed by atoms with E-state index in [2.05, 4.69) is 44.7 Å². The van der Waals surface area contributed by atoms with Gasteiger partial charge >= 0.3 is 0 Å². The van der Waals surface area contributed by atoms with Crippen LogP contribution in [0.25, 0.3) is 0 Å². The summed E-state index contributed by atoms with van der Waals surface area (Å²) in [4.78, 5) is 15.2. The third-order valence-corrected chi connectivity index (χ3v) is 5.44. The Morgan fingerprint density at radius 1 is 1.29 bits per heavy atom. The fourth-order valence-electron chi connectivity index (χ4n) is 3.20. The van der Waals surface area contributed by atoms with Crippen LogP contribution in [-0.2, 0) is 0 Å². The average Bonchev–Trinajstić information content (AvgIpc) is 2.49. The van der Waals surface area contributed by atoms with Gasteiger partial charge in [0.25, 0.3) is 0 Å². The summed E-state index contributed by atoms with van der Waals surface area (Å²) in [6.07, 6.45) is 3.64. The number of aryl methyl sites for hydroxylation is 2. The SMILES string of the molecule is CCC1(C)CCN(C(C)C(=O)c2cc(C)ccc2C)CC1. The highest BCUT2D eigenvalue weighted by atomic mass is 16.1. The van der Waals surface area contributed by atoms with E-state index in [-0.39, 0.29) is 11.8 Å². The Morgan fingerprint density at radius 2 is 1.90 bits per heavy atom. The minimum Gasteiger partial charge on any atom is -0.293 e. The molecule has 0 N–H and O–H groups in total. The summed E-state index contributed by atoms with van der Waals surface area (Å²) in [5.41, 5.74) is 3.62. The highest BCUT2D eigenvalue weighted by Crippen LogP contribution is 2.34. The molecule has 2 rings (SSSR count). The van der Waals surface area contributed by atoms with Crippen LogP contribution in [-0.4, -0.2) is 29.8 Å². The Hall–Kier alpha value is -1.15. The summed E-state index contributed by atoms with van der Waals surface area (Å²) in [6, 6.07) is 6.16. The predicted molar refractivity (Wildman–Crippen MR) is 88.9 cm³/mol. The third kappa shape index (κ3) is 3.55. The van der Waals surface area contributed by atoms with Crippen LogP contribution in [0.5, 0.6) is 0 Å². The molecular weight excluding hydrogens is 258 g/mol. The van der Waals surface area contributed by atoms with Crippen molar-refractivity contribution in [1.29, 1.82) is 0 Å². The fraction of sp³-hybridized carbons (Fsp3) is 0.632. The first-order valence-corrected chi connectivity index (χ1v) is 8.22. The summed E-state index contributed by atoms with van der Waals surface area (Å²) in [5, 5.41) is 0. The Labute approximate surface area is 129 Å². The molecular formula is C19H29NO. The summed E-state index contributed by atoms with van der Waals surface area (Å²) in [7, 11) is 0. The maximum Gasteiger partial charge on any atom is 0.179 e. The van der Waals surface area contributed by atoms with Gasteiger partial charge in [-0.05, 0) is 63.7 Å². The standard InChI is InChI=1S/C19H29NO/c1-6-19(5)9-11-20(12-10-19)16(4)18(21)17-13-14(2)7-8-15(17)3/h7-8,13,16H,6,9-12H2,1-5H3. The number of nitrogens with zero attached hydrogens (tertiary/aromatic N) is 1. The number of piperidine rings is 1. The second-order valence-corrected chi connectivity index (χ2v) is 7.06. The van der Waals surface area contributed by atoms with Gasteiger partial charge in [0, 0.05) is 5.56 Å². The predicted octanol–water partition coefficient (Wildman–Crippen LogP) is 4.39. The maximum absolute atomic E-state index is 12.8. The van der Waals surface area contributed by atoms with Crippen LogP contribution in [0.2, 0.25) is 0 Å². The van der Waals surface area contributed by atoms with E-state index in [9.17, 15) is 4.79 Å². The minimum absolute atomic E-state index is 0.00749. The van der Waals surface area contributed by atoms with Gasteiger partial charge in [-0.15, -0.1) is 0 Å². The Bertz CT molecular complexity index is 512. The van der Waals surface area contributed by atoms with E-state index >= 15 is 0 Å². The lowest BCUT2D eigenvalue weighted by atomic mass is 9.78. The van der Waals surface area contributed by atoms with Gasteiger partial charge in [0.15, 0.2) is 5.78 Å². The first-order chi connectivity index (χ1) is 9.86. The zero-order chi connectivity index (χ0) is 15.6. The maximum atomic E-state index is 12.8. The largest absolute Gasteiger partial charge is 0.293 e. The molecule has 1 aromatic rings. The molecule has 1 atom stereocenters. The van der Waals surface area contributed by atoms with Gasteiger partial charge in [-0.2, -0.15) is 0 Å². The number of Topliss-reactive ketones (excluding diaryl/α,β-unsaturated/α-hetero) is 1. The molecule has 2 heteroatoms. The van der Waals surface area contributed by atoms with Gasteiger partial charge in [-0.1, -0.05) is 38.0 Å². The normalized spacial score (nSPS) is 20.2. The molecule has 116 valence electrons. The van der Waals surface area contributed by atoms with Crippen LogP contribution in [0.3, 0.4) is 0 Å². The Balaban J connectivity index is 2.08. The molecule has 1 heterocycles. The Morgan fingerprint density at radius 3 is 2.48 bits per heavy atom. The lowest BCUT2D eigenvalue weighted by Gasteiger charge is -2.41. The first kappa shape index (κ1) is 16.2. The number of hydrogen-bond donors (Lipinski definition) is 0. The van der Waals surface area contributed by atoms with Crippen LogP contribution >= 0.6 is 0 Å². The van der Waals surface area contributed by atoms with Gasteiger partial charge in [0.2, 0.25) is 0 Å². The van der Waals surface area contributed by atoms with Crippen molar-refractivity contribution in [2.75, 3.05) is 13.1 Å². The number of ketones is 1. The van der Waals surface area contributed by atoms with Crippen molar-refractivity contribution < 1.29 is 4.79 Å². The van der Waals surface area contributed by atoms with Crippen molar-refractivity contribution >= 4 is 5.78 Å². The number of benzene rings is 1. The lowest BCUT2D eigenvalue weighted by Crippen LogP contribution is -2.46. The van der Waals surface area contributed by atoms with E-state index in [1.165, 1.54) is 19.3 Å². The monoisotopic (exact) mass is 287 g/mol. The Kier molecular flexibility index (Phi) is 4.88.